The monoisotopic (exact) mass is 429 g/mol. The minimum atomic E-state index is -0.553. The van der Waals surface area contributed by atoms with E-state index in [1.54, 1.807) is 35.6 Å². The lowest BCUT2D eigenvalue weighted by atomic mass is 9.98. The normalized spacial score (nSPS) is 17.4. The Labute approximate surface area is 182 Å². The van der Waals surface area contributed by atoms with Gasteiger partial charge in [-0.1, -0.05) is 6.07 Å². The number of nitrogens with zero attached hydrogens (tertiary/aromatic N) is 1. The summed E-state index contributed by atoms with van der Waals surface area (Å²) in [6.45, 7) is 9.24. The molecule has 2 aromatic rings. The van der Waals surface area contributed by atoms with Crippen molar-refractivity contribution in [2.75, 3.05) is 25.0 Å². The van der Waals surface area contributed by atoms with Crippen LogP contribution in [0, 0.1) is 5.92 Å². The molecule has 0 aliphatic carbocycles. The van der Waals surface area contributed by atoms with E-state index in [1.807, 2.05) is 20.8 Å². The number of carbonyl (C=O) groups excluding carboxylic acids is 2. The number of rotatable bonds is 6. The second-order valence-corrected chi connectivity index (χ2v) is 9.77. The Morgan fingerprint density at radius 1 is 1.20 bits per heavy atom. The zero-order valence-corrected chi connectivity index (χ0v) is 18.8. The molecule has 1 aliphatic heterocycles. The van der Waals surface area contributed by atoms with Crippen LogP contribution < -0.4 is 10.6 Å². The molecule has 1 fully saturated rings. The molecule has 2 heterocycles. The first-order valence-corrected chi connectivity index (χ1v) is 11.3. The molecule has 1 aromatic carbocycles. The second-order valence-electron chi connectivity index (χ2n) is 8.74. The number of hydrogen-bond acceptors (Lipinski definition) is 5. The molecule has 2 N–H and O–H groups in total. The van der Waals surface area contributed by atoms with E-state index >= 15 is 0 Å². The van der Waals surface area contributed by atoms with Crippen LogP contribution in [-0.2, 0) is 11.3 Å². The van der Waals surface area contributed by atoms with Crippen molar-refractivity contribution >= 4 is 29.0 Å². The summed E-state index contributed by atoms with van der Waals surface area (Å²) in [6, 6.07) is 11.1. The lowest BCUT2D eigenvalue weighted by Gasteiger charge is -2.32. The van der Waals surface area contributed by atoms with Gasteiger partial charge in [0, 0.05) is 35.8 Å². The number of benzene rings is 1. The van der Waals surface area contributed by atoms with Crippen molar-refractivity contribution in [3.8, 4) is 0 Å². The molecule has 0 radical (unpaired) electrons. The molecule has 7 heteroatoms. The van der Waals surface area contributed by atoms with Crippen molar-refractivity contribution in [3.63, 3.8) is 0 Å². The average Bonchev–Trinajstić information content (AvgIpc) is 3.18. The lowest BCUT2D eigenvalue weighted by Crippen LogP contribution is -2.40. The molecule has 0 bridgehead atoms. The van der Waals surface area contributed by atoms with Crippen LogP contribution >= 0.6 is 11.3 Å². The number of amides is 2. The number of thiophene rings is 1. The first kappa shape index (κ1) is 22.3. The van der Waals surface area contributed by atoms with Gasteiger partial charge in [0.2, 0.25) is 0 Å². The Morgan fingerprint density at radius 2 is 1.97 bits per heavy atom. The molecule has 1 atom stereocenters. The summed E-state index contributed by atoms with van der Waals surface area (Å²) in [5.41, 5.74) is 0.621. The second kappa shape index (κ2) is 10.1. The number of anilines is 1. The molecule has 162 valence electrons. The van der Waals surface area contributed by atoms with E-state index in [0.717, 1.165) is 32.5 Å². The highest BCUT2D eigenvalue weighted by atomic mass is 32.1. The van der Waals surface area contributed by atoms with Crippen LogP contribution in [0.5, 0.6) is 0 Å². The van der Waals surface area contributed by atoms with Gasteiger partial charge in [0.15, 0.2) is 0 Å². The fraction of sp³-hybridized carbons (Fsp3) is 0.478. The molecule has 6 nitrogen and oxygen atoms in total. The zero-order valence-electron chi connectivity index (χ0n) is 17.9. The fourth-order valence-electron chi connectivity index (χ4n) is 3.55. The Bertz CT molecular complexity index is 828. The van der Waals surface area contributed by atoms with Crippen LogP contribution in [-0.4, -0.2) is 42.1 Å². The predicted molar refractivity (Wildman–Crippen MR) is 121 cm³/mol. The Balaban J connectivity index is 1.44. The van der Waals surface area contributed by atoms with E-state index in [0.29, 0.717) is 23.7 Å². The van der Waals surface area contributed by atoms with Crippen LogP contribution in [0.1, 0.15) is 48.8 Å². The quantitative estimate of drug-likeness (QED) is 0.696. The van der Waals surface area contributed by atoms with Crippen molar-refractivity contribution in [1.29, 1.82) is 0 Å². The van der Waals surface area contributed by atoms with Crippen LogP contribution in [0.2, 0.25) is 0 Å². The van der Waals surface area contributed by atoms with Gasteiger partial charge in [-0.25, -0.2) is 4.79 Å². The molecule has 30 heavy (non-hydrogen) atoms. The predicted octanol–water partition coefficient (Wildman–Crippen LogP) is 4.74. The number of likely N-dealkylation sites (tertiary alicyclic amines) is 1. The number of nitrogens with one attached hydrogen (secondary N) is 2. The van der Waals surface area contributed by atoms with Gasteiger partial charge < -0.3 is 10.1 Å². The van der Waals surface area contributed by atoms with E-state index < -0.39 is 11.7 Å². The molecule has 2 amide bonds. The highest BCUT2D eigenvalue weighted by Crippen LogP contribution is 2.20. The molecule has 1 saturated heterocycles. The van der Waals surface area contributed by atoms with Gasteiger partial charge in [-0.3, -0.25) is 15.0 Å². The van der Waals surface area contributed by atoms with Gasteiger partial charge >= 0.3 is 6.09 Å². The summed E-state index contributed by atoms with van der Waals surface area (Å²) in [5.74, 6) is 0.380. The van der Waals surface area contributed by atoms with E-state index in [-0.39, 0.29) is 5.91 Å². The molecule has 3 rings (SSSR count). The summed E-state index contributed by atoms with van der Waals surface area (Å²) in [5, 5.41) is 7.85. The maximum atomic E-state index is 12.5. The third kappa shape index (κ3) is 7.15. The average molecular weight is 430 g/mol. The lowest BCUT2D eigenvalue weighted by molar-refractivity contribution is 0.0635. The van der Waals surface area contributed by atoms with Crippen LogP contribution in [0.3, 0.4) is 0 Å². The van der Waals surface area contributed by atoms with Gasteiger partial charge in [0.25, 0.3) is 5.91 Å². The van der Waals surface area contributed by atoms with Gasteiger partial charge in [0.1, 0.15) is 5.60 Å². The molecule has 0 spiro atoms. The topological polar surface area (TPSA) is 70.7 Å². The standard InChI is InChI=1S/C23H31N3O3S/c1-23(2,3)29-22(28)25-19-10-8-18(9-11-19)21(27)24-14-17-6-4-12-26(15-17)16-20-7-5-13-30-20/h5,7-11,13,17H,4,6,12,14-16H2,1-3H3,(H,24,27)(H,25,28). The molecule has 1 aromatic heterocycles. The van der Waals surface area contributed by atoms with E-state index in [9.17, 15) is 9.59 Å². The highest BCUT2D eigenvalue weighted by molar-refractivity contribution is 7.09. The molecule has 1 unspecified atom stereocenters. The van der Waals surface area contributed by atoms with Gasteiger partial charge in [0.05, 0.1) is 0 Å². The van der Waals surface area contributed by atoms with Gasteiger partial charge in [-0.05, 0) is 81.8 Å². The smallest absolute Gasteiger partial charge is 0.412 e. The molecular formula is C23H31N3O3S. The number of hydrogen-bond donors (Lipinski definition) is 2. The van der Waals surface area contributed by atoms with Crippen molar-refractivity contribution in [1.82, 2.24) is 10.2 Å². The van der Waals surface area contributed by atoms with Crippen LogP contribution in [0.25, 0.3) is 0 Å². The fourth-order valence-corrected chi connectivity index (χ4v) is 4.30. The SMILES string of the molecule is CC(C)(C)OC(=O)Nc1ccc(C(=O)NCC2CCCN(Cc3cccs3)C2)cc1. The first-order valence-electron chi connectivity index (χ1n) is 10.4. The van der Waals surface area contributed by atoms with Crippen LogP contribution in [0.4, 0.5) is 10.5 Å². The van der Waals surface area contributed by atoms with Crippen molar-refractivity contribution < 1.29 is 14.3 Å². The highest BCUT2D eigenvalue weighted by Gasteiger charge is 2.21. The minimum Gasteiger partial charge on any atom is -0.444 e. The largest absolute Gasteiger partial charge is 0.444 e. The molecule has 0 saturated carbocycles. The van der Waals surface area contributed by atoms with E-state index in [4.69, 9.17) is 4.74 Å². The first-order chi connectivity index (χ1) is 14.3. The summed E-state index contributed by atoms with van der Waals surface area (Å²) in [6.07, 6.45) is 1.79. The summed E-state index contributed by atoms with van der Waals surface area (Å²) in [4.78, 5) is 28.2. The molecule has 1 aliphatic rings. The third-order valence-electron chi connectivity index (χ3n) is 4.91. The Kier molecular flexibility index (Phi) is 7.50. The Morgan fingerprint density at radius 3 is 2.63 bits per heavy atom. The Hall–Kier alpha value is -2.38. The number of piperidine rings is 1. The number of carbonyl (C=O) groups is 2. The van der Waals surface area contributed by atoms with Gasteiger partial charge in [-0.2, -0.15) is 0 Å². The van der Waals surface area contributed by atoms with Crippen LogP contribution in [0.15, 0.2) is 41.8 Å². The van der Waals surface area contributed by atoms with Crippen molar-refractivity contribution in [2.24, 2.45) is 5.92 Å². The van der Waals surface area contributed by atoms with E-state index in [2.05, 4.69) is 33.0 Å². The maximum absolute atomic E-state index is 12.5. The minimum absolute atomic E-state index is 0.0887. The number of ether oxygens (including phenoxy) is 1. The summed E-state index contributed by atoms with van der Waals surface area (Å²) < 4.78 is 5.23. The van der Waals surface area contributed by atoms with Gasteiger partial charge in [-0.15, -0.1) is 11.3 Å². The van der Waals surface area contributed by atoms with Crippen molar-refractivity contribution in [2.45, 2.75) is 45.8 Å². The zero-order chi connectivity index (χ0) is 21.6. The maximum Gasteiger partial charge on any atom is 0.412 e. The summed E-state index contributed by atoms with van der Waals surface area (Å²) in [7, 11) is 0. The third-order valence-corrected chi connectivity index (χ3v) is 5.77. The summed E-state index contributed by atoms with van der Waals surface area (Å²) >= 11 is 1.80. The molecular weight excluding hydrogens is 398 g/mol. The van der Waals surface area contributed by atoms with Crippen molar-refractivity contribution in [3.05, 3.63) is 52.2 Å². The van der Waals surface area contributed by atoms with E-state index in [1.165, 1.54) is 4.88 Å².